The largest absolute Gasteiger partial charge is 0.355 e. The van der Waals surface area contributed by atoms with Crippen LogP contribution in [0.3, 0.4) is 0 Å². The number of carbonyl (C=O) groups is 2. The lowest BCUT2D eigenvalue weighted by atomic mass is 9.47. The van der Waals surface area contributed by atoms with Crippen molar-refractivity contribution in [3.05, 3.63) is 11.6 Å². The molecule has 3 aliphatic carbocycles. The number of Topliss-reactive ketones (excluding diaryl/α,β-unsaturated/α-hetero) is 1. The normalized spacial score (nSPS) is 48.9. The number of fused-ring (bicyclic) bond motifs is 5. The van der Waals surface area contributed by atoms with Gasteiger partial charge in [-0.05, 0) is 60.8 Å². The summed E-state index contributed by atoms with van der Waals surface area (Å²) in [5.74, 6) is 1.92. The van der Waals surface area contributed by atoms with Crippen LogP contribution in [0, 0.1) is 28.6 Å². The molecule has 2 saturated carbocycles. The van der Waals surface area contributed by atoms with E-state index in [1.165, 1.54) is 6.42 Å². The number of allylic oxidation sites excluding steroid dienone is 2. The minimum absolute atomic E-state index is 0.0746. The van der Waals surface area contributed by atoms with Crippen LogP contribution in [0.25, 0.3) is 0 Å². The summed E-state index contributed by atoms with van der Waals surface area (Å²) in [7, 11) is 0. The van der Waals surface area contributed by atoms with Crippen LogP contribution >= 0.6 is 0 Å². The van der Waals surface area contributed by atoms with Crippen molar-refractivity contribution in [2.75, 3.05) is 6.54 Å². The molecule has 114 valence electrons. The van der Waals surface area contributed by atoms with Crippen LogP contribution in [-0.4, -0.2) is 18.2 Å². The maximum atomic E-state index is 12.7. The van der Waals surface area contributed by atoms with E-state index < -0.39 is 0 Å². The van der Waals surface area contributed by atoms with E-state index >= 15 is 0 Å². The molecule has 1 heterocycles. The molecule has 5 atom stereocenters. The Balaban J connectivity index is 1.75. The van der Waals surface area contributed by atoms with Gasteiger partial charge in [-0.25, -0.2) is 0 Å². The van der Waals surface area contributed by atoms with Crippen molar-refractivity contribution in [1.82, 2.24) is 5.32 Å². The Morgan fingerprint density at radius 3 is 2.76 bits per heavy atom. The van der Waals surface area contributed by atoms with Crippen LogP contribution in [0.15, 0.2) is 11.6 Å². The maximum Gasteiger partial charge on any atom is 0.226 e. The average molecular weight is 287 g/mol. The molecule has 0 bridgehead atoms. The van der Waals surface area contributed by atoms with E-state index in [-0.39, 0.29) is 16.7 Å². The number of amides is 1. The van der Waals surface area contributed by atoms with Crippen molar-refractivity contribution in [1.29, 1.82) is 0 Å². The van der Waals surface area contributed by atoms with E-state index in [9.17, 15) is 9.59 Å². The highest BCUT2D eigenvalue weighted by molar-refractivity contribution is 5.98. The molecule has 21 heavy (non-hydrogen) atoms. The average Bonchev–Trinajstić information content (AvgIpc) is 2.75. The quantitative estimate of drug-likeness (QED) is 0.744. The molecule has 0 unspecified atom stereocenters. The van der Waals surface area contributed by atoms with Gasteiger partial charge in [-0.15, -0.1) is 0 Å². The molecule has 1 amide bonds. The zero-order chi connectivity index (χ0) is 14.8. The lowest BCUT2D eigenvalue weighted by Gasteiger charge is -2.55. The predicted molar refractivity (Wildman–Crippen MR) is 80.5 cm³/mol. The van der Waals surface area contributed by atoms with Crippen molar-refractivity contribution in [2.24, 2.45) is 28.6 Å². The van der Waals surface area contributed by atoms with Crippen LogP contribution in [0.4, 0.5) is 0 Å². The van der Waals surface area contributed by atoms with E-state index in [2.05, 4.69) is 25.2 Å². The first-order valence-electron chi connectivity index (χ1n) is 8.49. The van der Waals surface area contributed by atoms with Gasteiger partial charge < -0.3 is 5.32 Å². The summed E-state index contributed by atoms with van der Waals surface area (Å²) in [5.41, 5.74) is 0.967. The Kier molecular flexibility index (Phi) is 2.71. The molecule has 1 N–H and O–H groups in total. The van der Waals surface area contributed by atoms with Gasteiger partial charge in [-0.1, -0.05) is 19.9 Å². The molecule has 3 nitrogen and oxygen atoms in total. The molecule has 0 aromatic rings. The lowest BCUT2D eigenvalue weighted by molar-refractivity contribution is -0.138. The second kappa shape index (κ2) is 4.21. The van der Waals surface area contributed by atoms with E-state index in [1.807, 2.05) is 0 Å². The highest BCUT2D eigenvalue weighted by Crippen LogP contribution is 2.61. The molecule has 1 saturated heterocycles. The monoisotopic (exact) mass is 287 g/mol. The summed E-state index contributed by atoms with van der Waals surface area (Å²) < 4.78 is 0. The lowest BCUT2D eigenvalue weighted by Crippen LogP contribution is -2.53. The summed E-state index contributed by atoms with van der Waals surface area (Å²) in [6.45, 7) is 5.22. The van der Waals surface area contributed by atoms with Crippen molar-refractivity contribution in [3.8, 4) is 0 Å². The number of hydrogen-bond donors (Lipinski definition) is 1. The van der Waals surface area contributed by atoms with Crippen LogP contribution in [0.5, 0.6) is 0 Å². The highest BCUT2D eigenvalue weighted by Gasteiger charge is 2.60. The highest BCUT2D eigenvalue weighted by atomic mass is 16.2. The zero-order valence-electron chi connectivity index (χ0n) is 13.1. The first-order chi connectivity index (χ1) is 9.97. The third kappa shape index (κ3) is 1.61. The molecule has 4 rings (SSSR count). The second-order valence-electron chi connectivity index (χ2n) is 8.10. The Morgan fingerprint density at radius 2 is 1.95 bits per heavy atom. The fourth-order valence-electron chi connectivity index (χ4n) is 5.97. The molecule has 0 spiro atoms. The Bertz CT molecular complexity index is 551. The van der Waals surface area contributed by atoms with Gasteiger partial charge in [-0.3, -0.25) is 9.59 Å². The Labute approximate surface area is 126 Å². The van der Waals surface area contributed by atoms with E-state index in [0.29, 0.717) is 30.0 Å². The first-order valence-corrected chi connectivity index (χ1v) is 8.49. The summed E-state index contributed by atoms with van der Waals surface area (Å²) in [4.78, 5) is 24.9. The molecule has 0 radical (unpaired) electrons. The van der Waals surface area contributed by atoms with Gasteiger partial charge in [-0.2, -0.15) is 0 Å². The standard InChI is InChI=1S/C18H25NO2/c1-17-7-4-3-5-13(17)15(20)9-11-12(17)6-8-18(2)14(11)10-19-16(18)21/h5,11-12,14H,3-4,6-10H2,1-2H3,(H,19,21)/t11-,12-,14+,17-,18+/m1/s1. The van der Waals surface area contributed by atoms with Gasteiger partial charge in [0.15, 0.2) is 5.78 Å². The van der Waals surface area contributed by atoms with Crippen LogP contribution in [0.1, 0.15) is 52.4 Å². The molecule has 4 aliphatic rings. The predicted octanol–water partition coefficient (Wildman–Crippen LogP) is 2.85. The zero-order valence-corrected chi connectivity index (χ0v) is 13.1. The molecule has 0 aromatic carbocycles. The Hall–Kier alpha value is -1.12. The van der Waals surface area contributed by atoms with Gasteiger partial charge in [0.25, 0.3) is 0 Å². The van der Waals surface area contributed by atoms with Gasteiger partial charge in [0.1, 0.15) is 0 Å². The van der Waals surface area contributed by atoms with Crippen molar-refractivity contribution < 1.29 is 9.59 Å². The number of nitrogens with one attached hydrogen (secondary N) is 1. The van der Waals surface area contributed by atoms with E-state index in [0.717, 1.165) is 37.8 Å². The fraction of sp³-hybridized carbons (Fsp3) is 0.778. The number of hydrogen-bond acceptors (Lipinski definition) is 2. The van der Waals surface area contributed by atoms with E-state index in [1.54, 1.807) is 0 Å². The topological polar surface area (TPSA) is 46.2 Å². The van der Waals surface area contributed by atoms with Gasteiger partial charge in [0.2, 0.25) is 5.91 Å². The molecular weight excluding hydrogens is 262 g/mol. The molecule has 0 aromatic heterocycles. The van der Waals surface area contributed by atoms with Crippen molar-refractivity contribution >= 4 is 11.7 Å². The molecule has 3 fully saturated rings. The Morgan fingerprint density at radius 1 is 1.14 bits per heavy atom. The van der Waals surface area contributed by atoms with E-state index in [4.69, 9.17) is 0 Å². The van der Waals surface area contributed by atoms with Gasteiger partial charge >= 0.3 is 0 Å². The number of rotatable bonds is 0. The van der Waals surface area contributed by atoms with Crippen LogP contribution in [0.2, 0.25) is 0 Å². The summed E-state index contributed by atoms with van der Waals surface area (Å²) in [6.07, 6.45) is 8.39. The van der Waals surface area contributed by atoms with Crippen LogP contribution in [-0.2, 0) is 9.59 Å². The molecule has 1 aliphatic heterocycles. The van der Waals surface area contributed by atoms with Crippen molar-refractivity contribution in [3.63, 3.8) is 0 Å². The van der Waals surface area contributed by atoms with Gasteiger partial charge in [0, 0.05) is 13.0 Å². The van der Waals surface area contributed by atoms with Crippen LogP contribution < -0.4 is 5.32 Å². The first kappa shape index (κ1) is 13.5. The smallest absolute Gasteiger partial charge is 0.226 e. The third-order valence-corrected chi connectivity index (χ3v) is 7.23. The minimum atomic E-state index is -0.228. The SMILES string of the molecule is C[C@]12CCCC=C1C(=O)C[C@@H]1[C@H]2CC[C@]2(C)C(=O)NC[C@@H]12. The number of ketones is 1. The maximum absolute atomic E-state index is 12.7. The fourth-order valence-corrected chi connectivity index (χ4v) is 5.97. The minimum Gasteiger partial charge on any atom is -0.355 e. The second-order valence-corrected chi connectivity index (χ2v) is 8.10. The summed E-state index contributed by atoms with van der Waals surface area (Å²) in [6, 6.07) is 0. The summed E-state index contributed by atoms with van der Waals surface area (Å²) in [5, 5.41) is 3.07. The third-order valence-electron chi connectivity index (χ3n) is 7.23. The molecule has 3 heteroatoms. The van der Waals surface area contributed by atoms with Crippen molar-refractivity contribution in [2.45, 2.75) is 52.4 Å². The van der Waals surface area contributed by atoms with Gasteiger partial charge in [0.05, 0.1) is 5.41 Å². The molecular formula is C18H25NO2. The summed E-state index contributed by atoms with van der Waals surface area (Å²) >= 11 is 0. The number of carbonyl (C=O) groups excluding carboxylic acids is 2.